The van der Waals surface area contributed by atoms with Gasteiger partial charge in [-0.15, -0.1) is 0 Å². The van der Waals surface area contributed by atoms with E-state index in [-0.39, 0.29) is 29.5 Å². The number of amides is 1. The number of carbonyl (C=O) groups excluding carboxylic acids is 1. The van der Waals surface area contributed by atoms with Crippen molar-refractivity contribution in [1.82, 2.24) is 9.78 Å². The molecule has 11 heteroatoms. The molecular weight excluding hydrogens is 488 g/mol. The van der Waals surface area contributed by atoms with Crippen LogP contribution in [-0.2, 0) is 6.73 Å². The summed E-state index contributed by atoms with van der Waals surface area (Å²) in [7, 11) is 1.54. The summed E-state index contributed by atoms with van der Waals surface area (Å²) in [6.07, 6.45) is 1.59. The van der Waals surface area contributed by atoms with Gasteiger partial charge in [0.25, 0.3) is 11.6 Å². The number of nitro benzene ring substituents is 1. The number of nitrogens with zero attached hydrogens (tertiary/aromatic N) is 3. The molecule has 0 fully saturated rings. The van der Waals surface area contributed by atoms with Gasteiger partial charge >= 0.3 is 0 Å². The van der Waals surface area contributed by atoms with Gasteiger partial charge < -0.3 is 19.5 Å². The topological polar surface area (TPSA) is 118 Å². The molecule has 0 radical (unpaired) electrons. The number of aryl methyl sites for hydroxylation is 1. The molecule has 36 heavy (non-hydrogen) atoms. The second kappa shape index (κ2) is 10.8. The smallest absolute Gasteiger partial charge is 0.276 e. The molecule has 10 nitrogen and oxygen atoms in total. The van der Waals surface area contributed by atoms with Gasteiger partial charge in [0.05, 0.1) is 23.8 Å². The number of nitrogens with one attached hydrogen (secondary N) is 1. The first-order valence-electron chi connectivity index (χ1n) is 10.7. The average molecular weight is 509 g/mol. The van der Waals surface area contributed by atoms with Gasteiger partial charge in [0.1, 0.15) is 23.0 Å². The Kier molecular flexibility index (Phi) is 7.36. The molecule has 0 aliphatic heterocycles. The zero-order valence-electron chi connectivity index (χ0n) is 19.3. The lowest BCUT2D eigenvalue weighted by atomic mass is 10.2. The Balaban J connectivity index is 1.45. The van der Waals surface area contributed by atoms with Crippen molar-refractivity contribution in [3.8, 4) is 23.0 Å². The van der Waals surface area contributed by atoms with Crippen LogP contribution in [0.2, 0.25) is 5.02 Å². The first kappa shape index (κ1) is 24.6. The highest BCUT2D eigenvalue weighted by Gasteiger charge is 2.16. The minimum Gasteiger partial charge on any atom is -0.497 e. The molecule has 0 saturated heterocycles. The molecule has 0 atom stereocenters. The summed E-state index contributed by atoms with van der Waals surface area (Å²) in [5.41, 5.74) is 0.922. The number of ether oxygens (including phenoxy) is 3. The molecule has 184 valence electrons. The van der Waals surface area contributed by atoms with Crippen molar-refractivity contribution in [2.24, 2.45) is 0 Å². The maximum absolute atomic E-state index is 12.7. The first-order valence-corrected chi connectivity index (χ1v) is 11.0. The fourth-order valence-electron chi connectivity index (χ4n) is 3.20. The van der Waals surface area contributed by atoms with E-state index < -0.39 is 10.8 Å². The molecule has 4 aromatic rings. The van der Waals surface area contributed by atoms with Crippen molar-refractivity contribution < 1.29 is 23.9 Å². The molecule has 1 amide bonds. The molecule has 0 bridgehead atoms. The molecule has 1 heterocycles. The molecule has 1 N–H and O–H groups in total. The van der Waals surface area contributed by atoms with Crippen LogP contribution in [-0.4, -0.2) is 27.7 Å². The van der Waals surface area contributed by atoms with Crippen LogP contribution in [0.3, 0.4) is 0 Å². The van der Waals surface area contributed by atoms with E-state index in [1.54, 1.807) is 55.8 Å². The van der Waals surface area contributed by atoms with Crippen LogP contribution in [0.4, 0.5) is 11.4 Å². The Hall–Kier alpha value is -4.57. The van der Waals surface area contributed by atoms with E-state index in [9.17, 15) is 14.9 Å². The van der Waals surface area contributed by atoms with Gasteiger partial charge in [-0.05, 0) is 61.0 Å². The second-order valence-electron chi connectivity index (χ2n) is 7.63. The number of hydrogen-bond acceptors (Lipinski definition) is 7. The number of hydrogen-bond donors (Lipinski definition) is 1. The largest absolute Gasteiger partial charge is 0.497 e. The number of methoxy groups -OCH3 is 1. The Morgan fingerprint density at radius 3 is 2.44 bits per heavy atom. The van der Waals surface area contributed by atoms with E-state index in [0.717, 1.165) is 5.56 Å². The van der Waals surface area contributed by atoms with Crippen LogP contribution >= 0.6 is 11.6 Å². The monoisotopic (exact) mass is 508 g/mol. The van der Waals surface area contributed by atoms with Gasteiger partial charge in [-0.25, -0.2) is 4.68 Å². The Morgan fingerprint density at radius 2 is 1.75 bits per heavy atom. The summed E-state index contributed by atoms with van der Waals surface area (Å²) in [5, 5.41) is 18.9. The highest BCUT2D eigenvalue weighted by atomic mass is 35.5. The van der Waals surface area contributed by atoms with Gasteiger partial charge in [0.15, 0.2) is 12.4 Å². The van der Waals surface area contributed by atoms with Crippen molar-refractivity contribution in [2.75, 3.05) is 12.4 Å². The van der Waals surface area contributed by atoms with Crippen molar-refractivity contribution in [3.05, 3.63) is 99.3 Å². The summed E-state index contributed by atoms with van der Waals surface area (Å²) < 4.78 is 18.0. The zero-order chi connectivity index (χ0) is 25.7. The summed E-state index contributed by atoms with van der Waals surface area (Å²) in [5.74, 6) is 1.33. The lowest BCUT2D eigenvalue weighted by Crippen LogP contribution is -2.14. The number of aromatic nitrogens is 2. The van der Waals surface area contributed by atoms with Gasteiger partial charge in [0, 0.05) is 23.4 Å². The number of anilines is 1. The predicted octanol–water partition coefficient (Wildman–Crippen LogP) is 5.84. The number of rotatable bonds is 9. The van der Waals surface area contributed by atoms with Crippen molar-refractivity contribution in [3.63, 3.8) is 0 Å². The van der Waals surface area contributed by atoms with E-state index in [2.05, 4.69) is 10.4 Å². The number of carbonyl (C=O) groups is 1. The van der Waals surface area contributed by atoms with Crippen molar-refractivity contribution in [2.45, 2.75) is 13.7 Å². The summed E-state index contributed by atoms with van der Waals surface area (Å²) in [6.45, 7) is 1.94. The van der Waals surface area contributed by atoms with Crippen molar-refractivity contribution >= 4 is 28.9 Å². The highest BCUT2D eigenvalue weighted by Crippen LogP contribution is 2.31. The van der Waals surface area contributed by atoms with Crippen LogP contribution in [0.1, 0.15) is 16.1 Å². The predicted molar refractivity (Wildman–Crippen MR) is 133 cm³/mol. The summed E-state index contributed by atoms with van der Waals surface area (Å²) in [6, 6.07) is 17.5. The number of nitro groups is 1. The average Bonchev–Trinajstić information content (AvgIpc) is 3.34. The Morgan fingerprint density at radius 1 is 1.03 bits per heavy atom. The molecule has 0 spiro atoms. The Bertz CT molecular complexity index is 1400. The van der Waals surface area contributed by atoms with Crippen LogP contribution in [0.15, 0.2) is 72.9 Å². The van der Waals surface area contributed by atoms with E-state index in [1.807, 2.05) is 6.92 Å². The quantitative estimate of drug-likeness (QED) is 0.223. The zero-order valence-corrected chi connectivity index (χ0v) is 20.1. The van der Waals surface area contributed by atoms with Crippen molar-refractivity contribution in [1.29, 1.82) is 0 Å². The molecule has 3 aromatic carbocycles. The van der Waals surface area contributed by atoms with E-state index in [4.69, 9.17) is 25.8 Å². The Labute approximate surface area is 211 Å². The normalized spacial score (nSPS) is 10.5. The minimum absolute atomic E-state index is 0.0744. The maximum atomic E-state index is 12.7. The molecular formula is C25H21ClN4O6. The molecule has 0 unspecified atom stereocenters. The van der Waals surface area contributed by atoms with Gasteiger partial charge in [-0.1, -0.05) is 11.6 Å². The van der Waals surface area contributed by atoms with Gasteiger partial charge in [-0.3, -0.25) is 14.9 Å². The number of benzene rings is 3. The van der Waals surface area contributed by atoms with Crippen LogP contribution in [0.25, 0.3) is 0 Å². The molecule has 0 aliphatic carbocycles. The number of non-ortho nitro benzene ring substituents is 1. The fourth-order valence-corrected chi connectivity index (χ4v) is 3.31. The van der Waals surface area contributed by atoms with E-state index in [1.165, 1.54) is 28.9 Å². The van der Waals surface area contributed by atoms with Crippen LogP contribution in [0.5, 0.6) is 23.0 Å². The lowest BCUT2D eigenvalue weighted by molar-refractivity contribution is -0.384. The molecule has 0 saturated carbocycles. The summed E-state index contributed by atoms with van der Waals surface area (Å²) in [4.78, 5) is 23.6. The second-order valence-corrected chi connectivity index (χ2v) is 8.04. The van der Waals surface area contributed by atoms with Gasteiger partial charge in [0.2, 0.25) is 0 Å². The molecule has 4 rings (SSSR count). The van der Waals surface area contributed by atoms with E-state index >= 15 is 0 Å². The van der Waals surface area contributed by atoms with Gasteiger partial charge in [-0.2, -0.15) is 5.10 Å². The van der Waals surface area contributed by atoms with Crippen LogP contribution < -0.4 is 19.5 Å². The number of halogens is 1. The SMILES string of the molecule is COc1ccc(Oc2cc(NC(=O)c3ccn(COc4ccc(Cl)c(C)c4)n3)cc([N+](=O)[O-])c2)cc1. The standard InChI is InChI=1S/C25H21ClN4O6/c1-16-11-21(7-8-23(16)26)35-15-29-10-9-24(28-29)25(31)27-17-12-18(30(32)33)14-22(13-17)36-20-5-3-19(34-2)4-6-20/h3-14H,15H2,1-2H3,(H,27,31). The summed E-state index contributed by atoms with van der Waals surface area (Å²) >= 11 is 6.02. The fraction of sp³-hybridized carbons (Fsp3) is 0.120. The van der Waals surface area contributed by atoms with Crippen LogP contribution in [0, 0.1) is 17.0 Å². The lowest BCUT2D eigenvalue weighted by Gasteiger charge is -2.10. The third kappa shape index (κ3) is 6.10. The third-order valence-electron chi connectivity index (χ3n) is 5.02. The molecule has 0 aliphatic rings. The minimum atomic E-state index is -0.568. The first-order chi connectivity index (χ1) is 17.3. The highest BCUT2D eigenvalue weighted by molar-refractivity contribution is 6.31. The molecule has 1 aromatic heterocycles. The third-order valence-corrected chi connectivity index (χ3v) is 5.45. The maximum Gasteiger partial charge on any atom is 0.276 e. The van der Waals surface area contributed by atoms with E-state index in [0.29, 0.717) is 22.3 Å².